The molecular weight excluding hydrogens is 244 g/mol. The van der Waals surface area contributed by atoms with Crippen molar-refractivity contribution in [2.75, 3.05) is 13.1 Å². The van der Waals surface area contributed by atoms with E-state index in [0.29, 0.717) is 12.1 Å². The largest absolute Gasteiger partial charge is 0.329 e. The first-order valence-corrected chi connectivity index (χ1v) is 8.09. The molecule has 2 rings (SSSR count). The fraction of sp³-hybridized carbons (Fsp3) is 0.667. The zero-order valence-electron chi connectivity index (χ0n) is 13.5. The molecule has 2 N–H and O–H groups in total. The van der Waals surface area contributed by atoms with Crippen LogP contribution in [-0.4, -0.2) is 24.0 Å². The molecular formula is C18H30N2. The van der Waals surface area contributed by atoms with Crippen LogP contribution in [0.1, 0.15) is 55.8 Å². The van der Waals surface area contributed by atoms with Crippen molar-refractivity contribution in [3.63, 3.8) is 0 Å². The highest BCUT2D eigenvalue weighted by atomic mass is 15.2. The molecule has 112 valence electrons. The zero-order chi connectivity index (χ0) is 14.7. The van der Waals surface area contributed by atoms with Crippen LogP contribution in [-0.2, 0) is 0 Å². The molecule has 20 heavy (non-hydrogen) atoms. The number of aryl methyl sites for hydroxylation is 2. The van der Waals surface area contributed by atoms with Crippen molar-refractivity contribution in [2.24, 2.45) is 11.7 Å². The third kappa shape index (κ3) is 3.24. The Balaban J connectivity index is 2.17. The predicted octanol–water partition coefficient (Wildman–Crippen LogP) is 3.81. The minimum atomic E-state index is 0.474. The first-order chi connectivity index (χ1) is 9.56. The minimum absolute atomic E-state index is 0.474. The van der Waals surface area contributed by atoms with Crippen molar-refractivity contribution in [1.29, 1.82) is 0 Å². The second-order valence-electron chi connectivity index (χ2n) is 6.46. The Labute approximate surface area is 124 Å². The highest BCUT2D eigenvalue weighted by Crippen LogP contribution is 2.33. The summed E-state index contributed by atoms with van der Waals surface area (Å²) < 4.78 is 0. The fourth-order valence-corrected chi connectivity index (χ4v) is 3.74. The number of nitrogens with zero attached hydrogens (tertiary/aromatic N) is 1. The minimum Gasteiger partial charge on any atom is -0.329 e. The van der Waals surface area contributed by atoms with Crippen LogP contribution in [0.5, 0.6) is 0 Å². The molecule has 0 radical (unpaired) electrons. The molecule has 2 nitrogen and oxygen atoms in total. The predicted molar refractivity (Wildman–Crippen MR) is 86.9 cm³/mol. The van der Waals surface area contributed by atoms with E-state index in [1.807, 2.05) is 0 Å². The Morgan fingerprint density at radius 2 is 2.10 bits per heavy atom. The lowest BCUT2D eigenvalue weighted by Gasteiger charge is -2.43. The van der Waals surface area contributed by atoms with E-state index < -0.39 is 0 Å². The molecule has 1 aromatic carbocycles. The average molecular weight is 274 g/mol. The van der Waals surface area contributed by atoms with E-state index in [9.17, 15) is 0 Å². The number of nitrogens with two attached hydrogens (primary N) is 1. The molecule has 3 unspecified atom stereocenters. The summed E-state index contributed by atoms with van der Waals surface area (Å²) in [5.41, 5.74) is 10.3. The maximum Gasteiger partial charge on any atom is 0.0325 e. The lowest BCUT2D eigenvalue weighted by atomic mass is 9.86. The molecule has 0 aliphatic carbocycles. The van der Waals surface area contributed by atoms with Crippen LogP contribution < -0.4 is 5.73 Å². The molecule has 0 saturated carbocycles. The van der Waals surface area contributed by atoms with Gasteiger partial charge in [0.15, 0.2) is 0 Å². The lowest BCUT2D eigenvalue weighted by molar-refractivity contribution is 0.0770. The third-order valence-electron chi connectivity index (χ3n) is 5.09. The third-order valence-corrected chi connectivity index (χ3v) is 5.09. The molecule has 0 spiro atoms. The first kappa shape index (κ1) is 15.5. The molecule has 1 heterocycles. The normalized spacial score (nSPS) is 25.6. The Morgan fingerprint density at radius 3 is 2.70 bits per heavy atom. The lowest BCUT2D eigenvalue weighted by Crippen LogP contribution is -2.47. The smallest absolute Gasteiger partial charge is 0.0325 e. The van der Waals surface area contributed by atoms with Gasteiger partial charge in [-0.25, -0.2) is 0 Å². The van der Waals surface area contributed by atoms with Gasteiger partial charge in [0.25, 0.3) is 0 Å². The van der Waals surface area contributed by atoms with Crippen molar-refractivity contribution in [1.82, 2.24) is 4.90 Å². The van der Waals surface area contributed by atoms with Gasteiger partial charge in [0.05, 0.1) is 0 Å². The van der Waals surface area contributed by atoms with Gasteiger partial charge >= 0.3 is 0 Å². The van der Waals surface area contributed by atoms with E-state index >= 15 is 0 Å². The zero-order valence-corrected chi connectivity index (χ0v) is 13.5. The van der Waals surface area contributed by atoms with Crippen LogP contribution in [0.15, 0.2) is 18.2 Å². The SMILES string of the molecule is CCC1CCN(C(C)c2ccc(C)cc2C)C(CN)C1. The number of likely N-dealkylation sites (tertiary alicyclic amines) is 1. The van der Waals surface area contributed by atoms with Crippen LogP contribution in [0.4, 0.5) is 0 Å². The van der Waals surface area contributed by atoms with Gasteiger partial charge in [-0.2, -0.15) is 0 Å². The van der Waals surface area contributed by atoms with Gasteiger partial charge in [-0.1, -0.05) is 37.1 Å². The summed E-state index contributed by atoms with van der Waals surface area (Å²) in [5, 5.41) is 0. The van der Waals surface area contributed by atoms with E-state index in [1.54, 1.807) is 0 Å². The Morgan fingerprint density at radius 1 is 1.35 bits per heavy atom. The number of hydrogen-bond donors (Lipinski definition) is 1. The molecule has 3 atom stereocenters. The number of benzene rings is 1. The van der Waals surface area contributed by atoms with Gasteiger partial charge in [-0.05, 0) is 57.2 Å². The van der Waals surface area contributed by atoms with Crippen molar-refractivity contribution in [3.05, 3.63) is 34.9 Å². The van der Waals surface area contributed by atoms with Gasteiger partial charge in [-0.15, -0.1) is 0 Å². The molecule has 1 aliphatic rings. The second-order valence-corrected chi connectivity index (χ2v) is 6.46. The van der Waals surface area contributed by atoms with Crippen molar-refractivity contribution in [2.45, 2.75) is 59.0 Å². The van der Waals surface area contributed by atoms with Crippen LogP contribution in [0, 0.1) is 19.8 Å². The summed E-state index contributed by atoms with van der Waals surface area (Å²) >= 11 is 0. The topological polar surface area (TPSA) is 29.3 Å². The second kappa shape index (κ2) is 6.73. The molecule has 0 bridgehead atoms. The summed E-state index contributed by atoms with van der Waals surface area (Å²) in [4.78, 5) is 2.63. The number of piperidine rings is 1. The monoisotopic (exact) mass is 274 g/mol. The summed E-state index contributed by atoms with van der Waals surface area (Å²) in [6.07, 6.45) is 3.88. The van der Waals surface area contributed by atoms with Crippen molar-refractivity contribution in [3.8, 4) is 0 Å². The molecule has 0 amide bonds. The molecule has 1 fully saturated rings. The van der Waals surface area contributed by atoms with Gasteiger partial charge in [0.2, 0.25) is 0 Å². The summed E-state index contributed by atoms with van der Waals surface area (Å²) in [7, 11) is 0. The molecule has 2 heteroatoms. The van der Waals surface area contributed by atoms with Crippen LogP contribution in [0.3, 0.4) is 0 Å². The van der Waals surface area contributed by atoms with Crippen molar-refractivity contribution < 1.29 is 0 Å². The van der Waals surface area contributed by atoms with Gasteiger partial charge in [0, 0.05) is 18.6 Å². The van der Waals surface area contributed by atoms with E-state index in [4.69, 9.17) is 5.73 Å². The quantitative estimate of drug-likeness (QED) is 0.904. The summed E-state index contributed by atoms with van der Waals surface area (Å²) in [6.45, 7) is 11.0. The standard InChI is InChI=1S/C18H30N2/c1-5-16-8-9-20(17(11-16)12-19)15(4)18-7-6-13(2)10-14(18)3/h6-7,10,15-17H,5,8-9,11-12,19H2,1-4H3. The van der Waals surface area contributed by atoms with E-state index in [-0.39, 0.29) is 0 Å². The number of rotatable bonds is 4. The summed E-state index contributed by atoms with van der Waals surface area (Å²) in [5.74, 6) is 0.867. The van der Waals surface area contributed by atoms with Crippen LogP contribution in [0.2, 0.25) is 0 Å². The fourth-order valence-electron chi connectivity index (χ4n) is 3.74. The average Bonchev–Trinajstić information content (AvgIpc) is 2.46. The van der Waals surface area contributed by atoms with Gasteiger partial charge in [-0.3, -0.25) is 4.90 Å². The number of hydrogen-bond acceptors (Lipinski definition) is 2. The van der Waals surface area contributed by atoms with E-state index in [0.717, 1.165) is 12.5 Å². The maximum absolute atomic E-state index is 6.05. The molecule has 1 saturated heterocycles. The Bertz CT molecular complexity index is 441. The van der Waals surface area contributed by atoms with Gasteiger partial charge < -0.3 is 5.73 Å². The first-order valence-electron chi connectivity index (χ1n) is 8.09. The van der Waals surface area contributed by atoms with E-state index in [1.165, 1.54) is 42.5 Å². The van der Waals surface area contributed by atoms with Crippen molar-refractivity contribution >= 4 is 0 Å². The molecule has 0 aromatic heterocycles. The summed E-state index contributed by atoms with van der Waals surface area (Å²) in [6, 6.07) is 7.85. The van der Waals surface area contributed by atoms with E-state index in [2.05, 4.69) is 50.8 Å². The Hall–Kier alpha value is -0.860. The van der Waals surface area contributed by atoms with Crippen LogP contribution in [0.25, 0.3) is 0 Å². The highest BCUT2D eigenvalue weighted by Gasteiger charge is 2.30. The Kier molecular flexibility index (Phi) is 5.22. The maximum atomic E-state index is 6.05. The molecule has 1 aromatic rings. The highest BCUT2D eigenvalue weighted by molar-refractivity contribution is 5.32. The van der Waals surface area contributed by atoms with Crippen LogP contribution >= 0.6 is 0 Å². The molecule has 1 aliphatic heterocycles. The van der Waals surface area contributed by atoms with Gasteiger partial charge in [0.1, 0.15) is 0 Å².